The van der Waals surface area contributed by atoms with Gasteiger partial charge in [-0.3, -0.25) is 5.32 Å². The van der Waals surface area contributed by atoms with Crippen LogP contribution in [0.15, 0.2) is 97.1 Å². The summed E-state index contributed by atoms with van der Waals surface area (Å²) < 4.78 is 49.9. The second kappa shape index (κ2) is 12.0. The lowest BCUT2D eigenvalue weighted by atomic mass is 9.98. The average molecular weight is 591 g/mol. The highest BCUT2D eigenvalue weighted by Gasteiger charge is 2.31. The number of nitrogens with zero attached hydrogens (tertiary/aromatic N) is 1. The van der Waals surface area contributed by atoms with Gasteiger partial charge in [0.25, 0.3) is 0 Å². The molecule has 1 amide bonds. The van der Waals surface area contributed by atoms with E-state index in [0.717, 1.165) is 34.4 Å². The standard InChI is InChI=1S/C32H25F3N2O4S/c1-40-29(38)21-12-10-20(11-13-21)18-37(23-16-14-22(15-17-23)32(33,34)35)30(42)36-31(39)41-19-28-26-8-4-2-6-24(26)25-7-3-5-9-27(25)28/h2-17,28H,18-19H2,1H3,(H,36,39,42). The van der Waals surface area contributed by atoms with Crippen molar-refractivity contribution in [2.75, 3.05) is 18.6 Å². The van der Waals surface area contributed by atoms with Gasteiger partial charge in [0.15, 0.2) is 5.11 Å². The second-order valence-corrected chi connectivity index (χ2v) is 9.96. The number of methoxy groups -OCH3 is 1. The molecule has 4 aromatic rings. The maximum atomic E-state index is 13.2. The number of alkyl carbamates (subject to hydrolysis) is 1. The first-order valence-electron chi connectivity index (χ1n) is 12.9. The zero-order chi connectivity index (χ0) is 29.9. The first-order valence-corrected chi connectivity index (χ1v) is 13.3. The molecule has 1 aliphatic carbocycles. The normalized spacial score (nSPS) is 12.2. The van der Waals surface area contributed by atoms with Gasteiger partial charge in [0.05, 0.1) is 24.8 Å². The fraction of sp³-hybridized carbons (Fsp3) is 0.156. The molecule has 0 aromatic heterocycles. The molecule has 0 atom stereocenters. The highest BCUT2D eigenvalue weighted by atomic mass is 32.1. The number of hydrogen-bond donors (Lipinski definition) is 1. The van der Waals surface area contributed by atoms with Crippen LogP contribution in [0.4, 0.5) is 23.7 Å². The molecule has 0 unspecified atom stereocenters. The summed E-state index contributed by atoms with van der Waals surface area (Å²) in [6, 6.07) is 26.8. The van der Waals surface area contributed by atoms with Gasteiger partial charge in [-0.05, 0) is 76.4 Å². The number of nitrogens with one attached hydrogen (secondary N) is 1. The molecule has 1 N–H and O–H groups in total. The van der Waals surface area contributed by atoms with E-state index in [1.165, 1.54) is 24.1 Å². The van der Waals surface area contributed by atoms with E-state index >= 15 is 0 Å². The monoisotopic (exact) mass is 590 g/mol. The zero-order valence-corrected chi connectivity index (χ0v) is 23.2. The minimum Gasteiger partial charge on any atom is -0.465 e. The molecular weight excluding hydrogens is 565 g/mol. The van der Waals surface area contributed by atoms with Gasteiger partial charge in [-0.15, -0.1) is 0 Å². The second-order valence-electron chi connectivity index (χ2n) is 9.57. The Labute approximate surface area is 245 Å². The predicted molar refractivity (Wildman–Crippen MR) is 156 cm³/mol. The molecule has 0 radical (unpaired) electrons. The number of halogens is 3. The third-order valence-corrected chi connectivity index (χ3v) is 7.34. The van der Waals surface area contributed by atoms with Gasteiger partial charge in [-0.1, -0.05) is 60.7 Å². The maximum absolute atomic E-state index is 13.2. The minimum absolute atomic E-state index is 0.0657. The molecular formula is C32H25F3N2O4S. The highest BCUT2D eigenvalue weighted by molar-refractivity contribution is 7.80. The van der Waals surface area contributed by atoms with E-state index in [1.807, 2.05) is 48.5 Å². The summed E-state index contributed by atoms with van der Waals surface area (Å²) in [5, 5.41) is 2.49. The first kappa shape index (κ1) is 28.8. The van der Waals surface area contributed by atoms with Crippen LogP contribution in [0, 0.1) is 0 Å². The maximum Gasteiger partial charge on any atom is 0.416 e. The topological polar surface area (TPSA) is 67.9 Å². The number of ether oxygens (including phenoxy) is 2. The van der Waals surface area contributed by atoms with Crippen LogP contribution in [0.3, 0.4) is 0 Å². The first-order chi connectivity index (χ1) is 20.2. The van der Waals surface area contributed by atoms with Gasteiger partial charge in [0.1, 0.15) is 6.61 Å². The van der Waals surface area contributed by atoms with E-state index in [2.05, 4.69) is 5.32 Å². The molecule has 0 heterocycles. The summed E-state index contributed by atoms with van der Waals surface area (Å²) in [6.45, 7) is 0.160. The largest absolute Gasteiger partial charge is 0.465 e. The van der Waals surface area contributed by atoms with Crippen LogP contribution in [0.1, 0.15) is 38.5 Å². The van der Waals surface area contributed by atoms with Crippen LogP contribution in [0.25, 0.3) is 11.1 Å². The Morgan fingerprint density at radius 2 is 1.43 bits per heavy atom. The van der Waals surface area contributed by atoms with Crippen molar-refractivity contribution < 1.29 is 32.2 Å². The van der Waals surface area contributed by atoms with Crippen molar-refractivity contribution >= 4 is 35.1 Å². The quantitative estimate of drug-likeness (QED) is 0.188. The van der Waals surface area contributed by atoms with E-state index in [0.29, 0.717) is 16.8 Å². The van der Waals surface area contributed by atoms with Gasteiger partial charge in [-0.25, -0.2) is 9.59 Å². The number of benzene rings is 4. The van der Waals surface area contributed by atoms with Crippen molar-refractivity contribution in [2.24, 2.45) is 0 Å². The van der Waals surface area contributed by atoms with Crippen molar-refractivity contribution in [2.45, 2.75) is 18.6 Å². The molecule has 214 valence electrons. The lowest BCUT2D eigenvalue weighted by Crippen LogP contribution is -2.43. The lowest BCUT2D eigenvalue weighted by Gasteiger charge is -2.26. The number of thiocarbonyl (C=S) groups is 1. The Morgan fingerprint density at radius 3 is 1.98 bits per heavy atom. The SMILES string of the molecule is COC(=O)c1ccc(CN(C(=S)NC(=O)OCC2c3ccccc3-c3ccccc32)c2ccc(C(F)(F)F)cc2)cc1. The van der Waals surface area contributed by atoms with E-state index in [1.54, 1.807) is 24.3 Å². The fourth-order valence-corrected chi connectivity index (χ4v) is 5.20. The summed E-state index contributed by atoms with van der Waals surface area (Å²) >= 11 is 5.52. The molecule has 0 saturated carbocycles. The predicted octanol–water partition coefficient (Wildman–Crippen LogP) is 7.32. The van der Waals surface area contributed by atoms with E-state index in [9.17, 15) is 22.8 Å². The highest BCUT2D eigenvalue weighted by Crippen LogP contribution is 2.44. The average Bonchev–Trinajstić information content (AvgIpc) is 3.32. The Bertz CT molecular complexity index is 1580. The molecule has 4 aromatic carbocycles. The minimum atomic E-state index is -4.51. The number of esters is 1. The summed E-state index contributed by atoms with van der Waals surface area (Å²) in [6.07, 6.45) is -5.30. The summed E-state index contributed by atoms with van der Waals surface area (Å²) in [5.41, 5.74) is 4.80. The van der Waals surface area contributed by atoms with Gasteiger partial charge >= 0.3 is 18.2 Å². The number of anilines is 1. The van der Waals surface area contributed by atoms with Crippen LogP contribution >= 0.6 is 12.2 Å². The Morgan fingerprint density at radius 1 is 0.857 bits per heavy atom. The molecule has 10 heteroatoms. The number of carbonyl (C=O) groups is 2. The van der Waals surface area contributed by atoms with Crippen molar-refractivity contribution in [3.05, 3.63) is 125 Å². The van der Waals surface area contributed by atoms with E-state index in [4.69, 9.17) is 21.7 Å². The summed E-state index contributed by atoms with van der Waals surface area (Å²) in [4.78, 5) is 26.2. The Balaban J connectivity index is 1.32. The smallest absolute Gasteiger partial charge is 0.416 e. The molecule has 5 rings (SSSR count). The number of rotatable bonds is 6. The van der Waals surface area contributed by atoms with E-state index < -0.39 is 23.8 Å². The van der Waals surface area contributed by atoms with Crippen LogP contribution in [0.2, 0.25) is 0 Å². The molecule has 0 aliphatic heterocycles. The molecule has 0 fully saturated rings. The fourth-order valence-electron chi connectivity index (χ4n) is 4.95. The van der Waals surface area contributed by atoms with E-state index in [-0.39, 0.29) is 24.2 Å². The number of carbonyl (C=O) groups excluding carboxylic acids is 2. The Hall–Kier alpha value is -4.70. The molecule has 1 aliphatic rings. The van der Waals surface area contributed by atoms with Gasteiger partial charge in [0.2, 0.25) is 0 Å². The third kappa shape index (κ3) is 6.13. The molecule has 0 spiro atoms. The van der Waals surface area contributed by atoms with Crippen LogP contribution in [-0.2, 0) is 22.2 Å². The van der Waals surface area contributed by atoms with Crippen molar-refractivity contribution in [1.82, 2.24) is 5.32 Å². The summed E-state index contributed by atoms with van der Waals surface area (Å²) in [5.74, 6) is -0.662. The Kier molecular flexibility index (Phi) is 8.26. The van der Waals surface area contributed by atoms with Crippen molar-refractivity contribution in [3.8, 4) is 11.1 Å². The number of alkyl halides is 3. The van der Waals surface area contributed by atoms with Gasteiger partial charge in [-0.2, -0.15) is 13.2 Å². The molecule has 6 nitrogen and oxygen atoms in total. The third-order valence-electron chi connectivity index (χ3n) is 7.02. The number of hydrogen-bond acceptors (Lipinski definition) is 5. The van der Waals surface area contributed by atoms with Gasteiger partial charge < -0.3 is 14.4 Å². The summed E-state index contributed by atoms with van der Waals surface area (Å²) in [7, 11) is 1.27. The van der Waals surface area contributed by atoms with Crippen LogP contribution < -0.4 is 10.2 Å². The molecule has 42 heavy (non-hydrogen) atoms. The number of amides is 1. The van der Waals surface area contributed by atoms with Crippen LogP contribution in [0.5, 0.6) is 0 Å². The number of fused-ring (bicyclic) bond motifs is 3. The van der Waals surface area contributed by atoms with Gasteiger partial charge in [0, 0.05) is 11.6 Å². The van der Waals surface area contributed by atoms with Crippen molar-refractivity contribution in [3.63, 3.8) is 0 Å². The van der Waals surface area contributed by atoms with Crippen molar-refractivity contribution in [1.29, 1.82) is 0 Å². The zero-order valence-electron chi connectivity index (χ0n) is 22.4. The lowest BCUT2D eigenvalue weighted by molar-refractivity contribution is -0.137. The molecule has 0 bridgehead atoms. The molecule has 0 saturated heterocycles. The van der Waals surface area contributed by atoms with Crippen LogP contribution in [-0.4, -0.2) is 30.9 Å².